The van der Waals surface area contributed by atoms with Crippen LogP contribution in [0.4, 0.5) is 11.4 Å². The predicted octanol–water partition coefficient (Wildman–Crippen LogP) is 4.58. The summed E-state index contributed by atoms with van der Waals surface area (Å²) in [5, 5.41) is 6.58. The summed E-state index contributed by atoms with van der Waals surface area (Å²) in [5.74, 6) is 1.18. The van der Waals surface area contributed by atoms with Crippen LogP contribution in [0.2, 0.25) is 10.0 Å². The number of halogens is 2. The summed E-state index contributed by atoms with van der Waals surface area (Å²) < 4.78 is 5.49. The van der Waals surface area contributed by atoms with Crippen molar-refractivity contribution in [2.75, 3.05) is 16.4 Å². The molecule has 0 saturated carbocycles. The third-order valence-electron chi connectivity index (χ3n) is 3.68. The van der Waals surface area contributed by atoms with Crippen molar-refractivity contribution in [2.24, 2.45) is 0 Å². The second-order valence-electron chi connectivity index (χ2n) is 5.75. The second kappa shape index (κ2) is 8.20. The van der Waals surface area contributed by atoms with Crippen LogP contribution in [0.5, 0.6) is 5.75 Å². The Labute approximate surface area is 165 Å². The van der Waals surface area contributed by atoms with Gasteiger partial charge in [0.2, 0.25) is 5.91 Å². The number of nitrogens with one attached hydrogen (secondary N) is 2. The molecule has 5 nitrogen and oxygen atoms in total. The maximum atomic E-state index is 12.1. The lowest BCUT2D eigenvalue weighted by molar-refractivity contribution is -0.122. The minimum atomic E-state index is -0.527. The summed E-state index contributed by atoms with van der Waals surface area (Å²) in [6.45, 7) is 1.68. The largest absolute Gasteiger partial charge is 0.479 e. The quantitative estimate of drug-likeness (QED) is 0.756. The number of ether oxygens (including phenoxy) is 1. The smallest absolute Gasteiger partial charge is 0.265 e. The van der Waals surface area contributed by atoms with Crippen molar-refractivity contribution in [1.82, 2.24) is 0 Å². The molecule has 2 amide bonds. The van der Waals surface area contributed by atoms with Gasteiger partial charge in [0.1, 0.15) is 5.75 Å². The molecule has 1 atom stereocenters. The molecule has 8 heteroatoms. The number of hydrogen-bond donors (Lipinski definition) is 2. The van der Waals surface area contributed by atoms with E-state index in [1.54, 1.807) is 37.3 Å². The van der Waals surface area contributed by atoms with Crippen LogP contribution in [0.1, 0.15) is 12.5 Å². The zero-order chi connectivity index (χ0) is 18.7. The molecule has 0 radical (unpaired) electrons. The summed E-state index contributed by atoms with van der Waals surface area (Å²) in [4.78, 5) is 23.8. The van der Waals surface area contributed by atoms with E-state index in [0.29, 0.717) is 32.9 Å². The van der Waals surface area contributed by atoms with Crippen molar-refractivity contribution >= 4 is 58.2 Å². The van der Waals surface area contributed by atoms with E-state index in [1.165, 1.54) is 11.8 Å². The molecule has 2 aromatic carbocycles. The van der Waals surface area contributed by atoms with Crippen LogP contribution >= 0.6 is 35.0 Å². The molecule has 0 fully saturated rings. The Morgan fingerprint density at radius 3 is 2.81 bits per heavy atom. The number of benzene rings is 2. The first-order chi connectivity index (χ1) is 12.4. The van der Waals surface area contributed by atoms with Gasteiger partial charge < -0.3 is 15.4 Å². The molecule has 136 valence electrons. The Hall–Kier alpha value is -1.89. The van der Waals surface area contributed by atoms with E-state index in [1.807, 2.05) is 6.07 Å². The van der Waals surface area contributed by atoms with Crippen molar-refractivity contribution in [3.63, 3.8) is 0 Å². The summed E-state index contributed by atoms with van der Waals surface area (Å²) in [6, 6.07) is 10.6. The minimum Gasteiger partial charge on any atom is -0.479 e. The maximum absolute atomic E-state index is 12.1. The fourth-order valence-electron chi connectivity index (χ4n) is 2.37. The number of carbonyl (C=O) groups is 2. The molecule has 0 aromatic heterocycles. The summed E-state index contributed by atoms with van der Waals surface area (Å²) in [7, 11) is 0. The third kappa shape index (κ3) is 4.63. The molecule has 1 heterocycles. The standard InChI is InChI=1S/C18H16Cl2N2O3S/c1-10-18(24)22-15-7-12(3-5-16(15)25-10)21-17(23)9-26-8-11-2-4-13(19)14(20)6-11/h2-7,10H,8-9H2,1H3,(H,21,23)(H,22,24)/t10-/m0/s1. The highest BCUT2D eigenvalue weighted by atomic mass is 35.5. The van der Waals surface area contributed by atoms with E-state index in [2.05, 4.69) is 10.6 Å². The fourth-order valence-corrected chi connectivity index (χ4v) is 3.47. The molecule has 2 aromatic rings. The molecular formula is C18H16Cl2N2O3S. The third-order valence-corrected chi connectivity index (χ3v) is 5.42. The summed E-state index contributed by atoms with van der Waals surface area (Å²) >= 11 is 13.3. The van der Waals surface area contributed by atoms with E-state index in [-0.39, 0.29) is 17.6 Å². The topological polar surface area (TPSA) is 67.4 Å². The van der Waals surface area contributed by atoms with Crippen LogP contribution in [-0.2, 0) is 15.3 Å². The van der Waals surface area contributed by atoms with Crippen LogP contribution in [0, 0.1) is 0 Å². The lowest BCUT2D eigenvalue weighted by atomic mass is 10.2. The van der Waals surface area contributed by atoms with E-state index in [4.69, 9.17) is 27.9 Å². The van der Waals surface area contributed by atoms with Gasteiger partial charge in [0.25, 0.3) is 5.91 Å². The van der Waals surface area contributed by atoms with E-state index in [0.717, 1.165) is 5.56 Å². The zero-order valence-corrected chi connectivity index (χ0v) is 16.2. The average molecular weight is 411 g/mol. The van der Waals surface area contributed by atoms with Crippen molar-refractivity contribution in [3.05, 3.63) is 52.0 Å². The molecule has 3 rings (SSSR count). The van der Waals surface area contributed by atoms with E-state index >= 15 is 0 Å². The number of anilines is 2. The van der Waals surface area contributed by atoms with Crippen LogP contribution in [-0.4, -0.2) is 23.7 Å². The van der Waals surface area contributed by atoms with Gasteiger partial charge in [0.05, 0.1) is 21.5 Å². The van der Waals surface area contributed by atoms with E-state index < -0.39 is 6.10 Å². The van der Waals surface area contributed by atoms with Crippen LogP contribution in [0.15, 0.2) is 36.4 Å². The van der Waals surface area contributed by atoms with Gasteiger partial charge in [-0.05, 0) is 42.8 Å². The highest BCUT2D eigenvalue weighted by molar-refractivity contribution is 7.99. The number of carbonyl (C=O) groups excluding carboxylic acids is 2. The first kappa shape index (κ1) is 18.9. The van der Waals surface area contributed by atoms with Crippen LogP contribution in [0.25, 0.3) is 0 Å². The van der Waals surface area contributed by atoms with Crippen molar-refractivity contribution in [2.45, 2.75) is 18.8 Å². The lowest BCUT2D eigenvalue weighted by Crippen LogP contribution is -2.34. The predicted molar refractivity (Wildman–Crippen MR) is 106 cm³/mol. The van der Waals surface area contributed by atoms with Gasteiger partial charge in [-0.15, -0.1) is 11.8 Å². The number of thioether (sulfide) groups is 1. The Balaban J connectivity index is 1.53. The normalized spacial score (nSPS) is 15.7. The van der Waals surface area contributed by atoms with Gasteiger partial charge in [0, 0.05) is 11.4 Å². The highest BCUT2D eigenvalue weighted by Crippen LogP contribution is 2.32. The number of amides is 2. The molecule has 0 aliphatic carbocycles. The van der Waals surface area contributed by atoms with Gasteiger partial charge in [-0.1, -0.05) is 29.3 Å². The van der Waals surface area contributed by atoms with Crippen molar-refractivity contribution in [3.8, 4) is 5.75 Å². The highest BCUT2D eigenvalue weighted by Gasteiger charge is 2.23. The van der Waals surface area contributed by atoms with Gasteiger partial charge in [-0.25, -0.2) is 0 Å². The number of rotatable bonds is 5. The van der Waals surface area contributed by atoms with Gasteiger partial charge >= 0.3 is 0 Å². The average Bonchev–Trinajstić information content (AvgIpc) is 2.59. The van der Waals surface area contributed by atoms with Crippen LogP contribution in [0.3, 0.4) is 0 Å². The molecule has 0 spiro atoms. The Morgan fingerprint density at radius 2 is 2.04 bits per heavy atom. The van der Waals surface area contributed by atoms with Crippen molar-refractivity contribution < 1.29 is 14.3 Å². The molecule has 1 aliphatic heterocycles. The Morgan fingerprint density at radius 1 is 1.23 bits per heavy atom. The Bertz CT molecular complexity index is 860. The molecule has 2 N–H and O–H groups in total. The molecule has 0 bridgehead atoms. The molecule has 0 saturated heterocycles. The number of fused-ring (bicyclic) bond motifs is 1. The van der Waals surface area contributed by atoms with Gasteiger partial charge in [0.15, 0.2) is 6.10 Å². The Kier molecular flexibility index (Phi) is 5.96. The minimum absolute atomic E-state index is 0.133. The first-order valence-corrected chi connectivity index (χ1v) is 9.76. The summed E-state index contributed by atoms with van der Waals surface area (Å²) in [5.41, 5.74) is 2.15. The summed E-state index contributed by atoms with van der Waals surface area (Å²) in [6.07, 6.45) is -0.527. The lowest BCUT2D eigenvalue weighted by Gasteiger charge is -2.23. The van der Waals surface area contributed by atoms with Crippen LogP contribution < -0.4 is 15.4 Å². The zero-order valence-electron chi connectivity index (χ0n) is 13.8. The molecule has 1 aliphatic rings. The van der Waals surface area contributed by atoms with E-state index in [9.17, 15) is 9.59 Å². The van der Waals surface area contributed by atoms with Crippen molar-refractivity contribution in [1.29, 1.82) is 0 Å². The fraction of sp³-hybridized carbons (Fsp3) is 0.222. The SMILES string of the molecule is C[C@@H]1Oc2ccc(NC(=O)CSCc3ccc(Cl)c(Cl)c3)cc2NC1=O. The monoisotopic (exact) mass is 410 g/mol. The number of hydrogen-bond acceptors (Lipinski definition) is 4. The first-order valence-electron chi connectivity index (χ1n) is 7.85. The molecule has 26 heavy (non-hydrogen) atoms. The maximum Gasteiger partial charge on any atom is 0.265 e. The molecular weight excluding hydrogens is 395 g/mol. The molecule has 0 unspecified atom stereocenters. The van der Waals surface area contributed by atoms with Gasteiger partial charge in [-0.3, -0.25) is 9.59 Å². The second-order valence-corrected chi connectivity index (χ2v) is 7.55. The van der Waals surface area contributed by atoms with Gasteiger partial charge in [-0.2, -0.15) is 0 Å².